The van der Waals surface area contributed by atoms with Crippen LogP contribution in [0.1, 0.15) is 30.1 Å². The minimum absolute atomic E-state index is 0. The molecule has 22 heavy (non-hydrogen) atoms. The van der Waals surface area contributed by atoms with E-state index in [1.165, 1.54) is 19.4 Å². The molecule has 0 spiro atoms. The monoisotopic (exact) mass is 409 g/mol. The van der Waals surface area contributed by atoms with Crippen LogP contribution in [0.2, 0.25) is 0 Å². The first-order valence-electron chi connectivity index (χ1n) is 7.16. The first-order chi connectivity index (χ1) is 9.56. The summed E-state index contributed by atoms with van der Waals surface area (Å²) in [6, 6.07) is 6.27. The van der Waals surface area contributed by atoms with E-state index in [-0.39, 0.29) is 36.8 Å². The minimum Gasteiger partial charge on any atom is -0.398 e. The fourth-order valence-corrected chi connectivity index (χ4v) is 3.73. The van der Waals surface area contributed by atoms with Gasteiger partial charge < -0.3 is 10.6 Å². The van der Waals surface area contributed by atoms with Gasteiger partial charge in [0, 0.05) is 35.3 Å². The van der Waals surface area contributed by atoms with Gasteiger partial charge in [0.2, 0.25) is 0 Å². The van der Waals surface area contributed by atoms with Crippen molar-refractivity contribution >= 4 is 52.3 Å². The number of hydrogen-bond acceptors (Lipinski definition) is 3. The summed E-state index contributed by atoms with van der Waals surface area (Å²) in [5.74, 6) is 0.0639. The van der Waals surface area contributed by atoms with E-state index in [2.05, 4.69) is 27.8 Å². The number of rotatable bonds is 1. The van der Waals surface area contributed by atoms with E-state index >= 15 is 0 Å². The maximum absolute atomic E-state index is 12.7. The molecule has 2 saturated heterocycles. The number of benzene rings is 1. The molecule has 2 heterocycles. The molecule has 1 aromatic carbocycles. The third-order valence-electron chi connectivity index (χ3n) is 4.44. The smallest absolute Gasteiger partial charge is 0.256 e. The number of carbonyl (C=O) groups is 1. The van der Waals surface area contributed by atoms with Gasteiger partial charge in [0.25, 0.3) is 5.91 Å². The molecule has 0 aliphatic carbocycles. The van der Waals surface area contributed by atoms with Gasteiger partial charge in [-0.15, -0.1) is 24.8 Å². The highest BCUT2D eigenvalue weighted by atomic mass is 79.9. The highest BCUT2D eigenvalue weighted by Crippen LogP contribution is 2.27. The molecule has 0 radical (unpaired) electrons. The van der Waals surface area contributed by atoms with Crippen LogP contribution >= 0.6 is 40.7 Å². The van der Waals surface area contributed by atoms with E-state index in [0.29, 0.717) is 17.3 Å². The Morgan fingerprint density at radius 3 is 2.73 bits per heavy atom. The van der Waals surface area contributed by atoms with E-state index in [9.17, 15) is 4.79 Å². The van der Waals surface area contributed by atoms with E-state index in [0.717, 1.165) is 17.6 Å². The summed E-state index contributed by atoms with van der Waals surface area (Å²) in [6.07, 6.45) is 2.45. The molecule has 1 amide bonds. The molecular weight excluding hydrogens is 389 g/mol. The molecule has 0 bridgehead atoms. The highest BCUT2D eigenvalue weighted by molar-refractivity contribution is 9.10. The highest BCUT2D eigenvalue weighted by Gasteiger charge is 2.37. The largest absolute Gasteiger partial charge is 0.398 e. The van der Waals surface area contributed by atoms with Crippen molar-refractivity contribution in [2.24, 2.45) is 0 Å². The lowest BCUT2D eigenvalue weighted by molar-refractivity contribution is 0.0396. The maximum Gasteiger partial charge on any atom is 0.256 e. The van der Waals surface area contributed by atoms with Crippen LogP contribution in [0, 0.1) is 0 Å². The third-order valence-corrected chi connectivity index (χ3v) is 4.94. The predicted molar refractivity (Wildman–Crippen MR) is 98.1 cm³/mol. The SMILES string of the molecule is CC1CN2CCCC2CN1C(=O)c1ccc(Br)cc1N.Cl.Cl. The molecule has 4 nitrogen and oxygen atoms in total. The molecule has 2 aliphatic rings. The summed E-state index contributed by atoms with van der Waals surface area (Å²) >= 11 is 3.38. The van der Waals surface area contributed by atoms with Crippen molar-refractivity contribution in [3.8, 4) is 0 Å². The first kappa shape index (κ1) is 19.6. The molecule has 0 saturated carbocycles. The Morgan fingerprint density at radius 1 is 1.32 bits per heavy atom. The number of anilines is 1. The van der Waals surface area contributed by atoms with Gasteiger partial charge in [0.15, 0.2) is 0 Å². The molecule has 3 rings (SSSR count). The van der Waals surface area contributed by atoms with Gasteiger partial charge in [0.1, 0.15) is 0 Å². The number of carbonyl (C=O) groups excluding carboxylic acids is 1. The number of nitrogen functional groups attached to an aromatic ring is 1. The van der Waals surface area contributed by atoms with Crippen LogP contribution in [0.5, 0.6) is 0 Å². The standard InChI is InChI=1S/C15H20BrN3O.2ClH/c1-10-8-18-6-2-3-12(18)9-19(10)15(20)13-5-4-11(16)7-14(13)17;;/h4-5,7,10,12H,2-3,6,8-9,17H2,1H3;2*1H. The Morgan fingerprint density at radius 2 is 2.05 bits per heavy atom. The molecule has 1 aromatic rings. The zero-order chi connectivity index (χ0) is 14.3. The maximum atomic E-state index is 12.7. The lowest BCUT2D eigenvalue weighted by atomic mass is 10.1. The summed E-state index contributed by atoms with van der Waals surface area (Å²) in [5.41, 5.74) is 7.16. The number of fused-ring (bicyclic) bond motifs is 1. The number of nitrogens with zero attached hydrogens (tertiary/aromatic N) is 2. The van der Waals surface area contributed by atoms with Crippen molar-refractivity contribution in [2.75, 3.05) is 25.4 Å². The molecular formula is C15H22BrCl2N3O. The Kier molecular flexibility index (Phi) is 6.99. The van der Waals surface area contributed by atoms with Crippen LogP contribution in [-0.4, -0.2) is 47.4 Å². The molecule has 7 heteroatoms. The Balaban J connectivity index is 0.00000121. The molecule has 2 N–H and O–H groups in total. The van der Waals surface area contributed by atoms with Crippen LogP contribution < -0.4 is 5.73 Å². The third kappa shape index (κ3) is 3.70. The summed E-state index contributed by atoms with van der Waals surface area (Å²) in [5, 5.41) is 0. The molecule has 2 aliphatic heterocycles. The van der Waals surface area contributed by atoms with Crippen molar-refractivity contribution in [3.63, 3.8) is 0 Å². The average Bonchev–Trinajstić information content (AvgIpc) is 2.84. The topological polar surface area (TPSA) is 49.6 Å². The molecule has 124 valence electrons. The van der Waals surface area contributed by atoms with Crippen molar-refractivity contribution in [3.05, 3.63) is 28.2 Å². The van der Waals surface area contributed by atoms with Crippen LogP contribution in [0.25, 0.3) is 0 Å². The van der Waals surface area contributed by atoms with Gasteiger partial charge >= 0.3 is 0 Å². The number of halogens is 3. The van der Waals surface area contributed by atoms with E-state index in [1.807, 2.05) is 17.0 Å². The summed E-state index contributed by atoms with van der Waals surface area (Å²) < 4.78 is 0.903. The van der Waals surface area contributed by atoms with Crippen molar-refractivity contribution < 1.29 is 4.79 Å². The fourth-order valence-electron chi connectivity index (χ4n) is 3.35. The normalized spacial score (nSPS) is 24.2. The van der Waals surface area contributed by atoms with Crippen molar-refractivity contribution in [2.45, 2.75) is 31.8 Å². The van der Waals surface area contributed by atoms with Crippen molar-refractivity contribution in [1.29, 1.82) is 0 Å². The fraction of sp³-hybridized carbons (Fsp3) is 0.533. The number of hydrogen-bond donors (Lipinski definition) is 1. The van der Waals surface area contributed by atoms with Gasteiger partial charge in [-0.05, 0) is 44.5 Å². The average molecular weight is 411 g/mol. The lowest BCUT2D eigenvalue weighted by Crippen LogP contribution is -2.56. The summed E-state index contributed by atoms with van der Waals surface area (Å²) in [7, 11) is 0. The number of piperazine rings is 1. The Labute approximate surface area is 152 Å². The van der Waals surface area contributed by atoms with Gasteiger partial charge in [-0.1, -0.05) is 15.9 Å². The van der Waals surface area contributed by atoms with E-state index in [1.54, 1.807) is 6.07 Å². The lowest BCUT2D eigenvalue weighted by Gasteiger charge is -2.42. The summed E-state index contributed by atoms with van der Waals surface area (Å²) in [6.45, 7) is 5.11. The zero-order valence-electron chi connectivity index (χ0n) is 12.5. The Bertz CT molecular complexity index is 544. The van der Waals surface area contributed by atoms with Crippen LogP contribution in [0.15, 0.2) is 22.7 Å². The quantitative estimate of drug-likeness (QED) is 0.723. The molecule has 2 atom stereocenters. The van der Waals surface area contributed by atoms with Gasteiger partial charge in [-0.2, -0.15) is 0 Å². The second kappa shape index (κ2) is 7.86. The Hall–Kier alpha value is -0.490. The van der Waals surface area contributed by atoms with Gasteiger partial charge in [-0.25, -0.2) is 0 Å². The van der Waals surface area contributed by atoms with Gasteiger partial charge in [0.05, 0.1) is 5.56 Å². The van der Waals surface area contributed by atoms with Crippen LogP contribution in [0.4, 0.5) is 5.69 Å². The zero-order valence-corrected chi connectivity index (χ0v) is 15.7. The predicted octanol–water partition coefficient (Wildman–Crippen LogP) is 3.18. The molecule has 2 unspecified atom stereocenters. The summed E-state index contributed by atoms with van der Waals surface area (Å²) in [4.78, 5) is 17.2. The second-order valence-corrected chi connectivity index (χ2v) is 6.74. The van der Waals surface area contributed by atoms with E-state index in [4.69, 9.17) is 5.73 Å². The number of amides is 1. The van der Waals surface area contributed by atoms with E-state index < -0.39 is 0 Å². The van der Waals surface area contributed by atoms with Crippen LogP contribution in [0.3, 0.4) is 0 Å². The van der Waals surface area contributed by atoms with Gasteiger partial charge in [-0.3, -0.25) is 9.69 Å². The minimum atomic E-state index is 0. The first-order valence-corrected chi connectivity index (χ1v) is 7.95. The molecule has 2 fully saturated rings. The van der Waals surface area contributed by atoms with Crippen molar-refractivity contribution in [1.82, 2.24) is 9.80 Å². The number of nitrogens with two attached hydrogens (primary N) is 1. The molecule has 0 aromatic heterocycles. The van der Waals surface area contributed by atoms with Crippen LogP contribution in [-0.2, 0) is 0 Å². The second-order valence-electron chi connectivity index (χ2n) is 5.83.